The van der Waals surface area contributed by atoms with E-state index in [-0.39, 0.29) is 11.9 Å². The van der Waals surface area contributed by atoms with E-state index in [4.69, 9.17) is 11.5 Å². The number of nitrogens with one attached hydrogen (secondary N) is 1. The highest BCUT2D eigenvalue weighted by Gasteiger charge is 2.39. The summed E-state index contributed by atoms with van der Waals surface area (Å²) in [4.78, 5) is 16.7. The smallest absolute Gasteiger partial charge is 0.275 e. The van der Waals surface area contributed by atoms with Gasteiger partial charge in [-0.25, -0.2) is 10.0 Å². The van der Waals surface area contributed by atoms with Crippen LogP contribution in [0.1, 0.15) is 21.5 Å². The second-order valence-electron chi connectivity index (χ2n) is 5.22. The van der Waals surface area contributed by atoms with Crippen LogP contribution >= 0.6 is 0 Å². The quantitative estimate of drug-likeness (QED) is 0.771. The molecule has 0 radical (unpaired) electrons. The Hall–Kier alpha value is -2.70. The number of benzene rings is 2. The summed E-state index contributed by atoms with van der Waals surface area (Å²) in [6.07, 6.45) is 0. The van der Waals surface area contributed by atoms with Crippen molar-refractivity contribution in [2.24, 2.45) is 16.5 Å². The molecule has 0 spiro atoms. The fraction of sp³-hybridized carbons (Fsp3) is 0.125. The van der Waals surface area contributed by atoms with Crippen molar-refractivity contribution >= 4 is 11.9 Å². The normalized spacial score (nSPS) is 20.8. The van der Waals surface area contributed by atoms with E-state index in [1.54, 1.807) is 12.1 Å². The summed E-state index contributed by atoms with van der Waals surface area (Å²) in [5.41, 5.74) is 17.3. The van der Waals surface area contributed by atoms with Crippen LogP contribution in [-0.2, 0) is 5.79 Å². The second-order valence-corrected chi connectivity index (χ2v) is 5.22. The van der Waals surface area contributed by atoms with E-state index < -0.39 is 5.79 Å². The van der Waals surface area contributed by atoms with E-state index in [1.165, 1.54) is 5.01 Å². The molecule has 1 aliphatic heterocycles. The van der Waals surface area contributed by atoms with E-state index in [9.17, 15) is 4.79 Å². The predicted molar refractivity (Wildman–Crippen MR) is 84.4 cm³/mol. The van der Waals surface area contributed by atoms with Gasteiger partial charge >= 0.3 is 0 Å². The van der Waals surface area contributed by atoms with Crippen LogP contribution in [0.5, 0.6) is 0 Å². The molecule has 3 rings (SSSR count). The number of hydrogen-bond acceptors (Lipinski definition) is 5. The molecule has 2 aromatic carbocycles. The first-order chi connectivity index (χ1) is 10.5. The van der Waals surface area contributed by atoms with Crippen LogP contribution < -0.4 is 16.9 Å². The zero-order valence-electron chi connectivity index (χ0n) is 12.2. The topological polar surface area (TPSA) is 96.7 Å². The first-order valence-electron chi connectivity index (χ1n) is 6.88. The van der Waals surface area contributed by atoms with Gasteiger partial charge in [-0.15, -0.1) is 0 Å². The number of hydrazine groups is 1. The number of nitrogens with two attached hydrogens (primary N) is 2. The first-order valence-corrected chi connectivity index (χ1v) is 6.88. The molecule has 22 heavy (non-hydrogen) atoms. The summed E-state index contributed by atoms with van der Waals surface area (Å²) in [6.45, 7) is 1.96. The lowest BCUT2D eigenvalue weighted by molar-refractivity contribution is 0.0753. The Bertz CT molecular complexity index is 726. The van der Waals surface area contributed by atoms with Gasteiger partial charge in [0.2, 0.25) is 11.7 Å². The van der Waals surface area contributed by atoms with E-state index >= 15 is 0 Å². The van der Waals surface area contributed by atoms with Crippen molar-refractivity contribution < 1.29 is 4.79 Å². The van der Waals surface area contributed by atoms with E-state index in [2.05, 4.69) is 10.4 Å². The average Bonchev–Trinajstić information content (AvgIpc) is 2.84. The number of rotatable bonds is 2. The minimum Gasteiger partial charge on any atom is -0.368 e. The first kappa shape index (κ1) is 14.2. The van der Waals surface area contributed by atoms with Gasteiger partial charge in [0.25, 0.3) is 5.91 Å². The summed E-state index contributed by atoms with van der Waals surface area (Å²) < 4.78 is 0. The Kier molecular flexibility index (Phi) is 3.40. The van der Waals surface area contributed by atoms with Crippen molar-refractivity contribution in [1.29, 1.82) is 0 Å². The summed E-state index contributed by atoms with van der Waals surface area (Å²) in [5, 5.41) is 1.18. The molecule has 6 heteroatoms. The van der Waals surface area contributed by atoms with Gasteiger partial charge in [0.1, 0.15) is 0 Å². The molecule has 0 fully saturated rings. The summed E-state index contributed by atoms with van der Waals surface area (Å²) in [7, 11) is 0. The minimum absolute atomic E-state index is 0.0388. The number of carbonyl (C=O) groups is 1. The Labute approximate surface area is 128 Å². The van der Waals surface area contributed by atoms with E-state index in [0.29, 0.717) is 5.56 Å². The SMILES string of the molecule is Cc1ccc(C(=O)N2NC(N)(c3ccccc3)N=C2N)cc1. The maximum Gasteiger partial charge on any atom is 0.275 e. The highest BCUT2D eigenvalue weighted by molar-refractivity contribution is 6.05. The van der Waals surface area contributed by atoms with Crippen molar-refractivity contribution in [2.75, 3.05) is 0 Å². The Morgan fingerprint density at radius 1 is 1.14 bits per heavy atom. The molecule has 0 saturated heterocycles. The molecule has 1 amide bonds. The van der Waals surface area contributed by atoms with Gasteiger partial charge in [0.05, 0.1) is 0 Å². The van der Waals surface area contributed by atoms with Crippen molar-refractivity contribution in [3.63, 3.8) is 0 Å². The highest BCUT2D eigenvalue weighted by Crippen LogP contribution is 2.22. The third-order valence-corrected chi connectivity index (χ3v) is 3.52. The van der Waals surface area contributed by atoms with Crippen LogP contribution in [0.25, 0.3) is 0 Å². The van der Waals surface area contributed by atoms with Gasteiger partial charge in [0.15, 0.2) is 0 Å². The number of carbonyl (C=O) groups excluding carboxylic acids is 1. The van der Waals surface area contributed by atoms with Crippen LogP contribution in [0.2, 0.25) is 0 Å². The molecule has 1 aliphatic rings. The largest absolute Gasteiger partial charge is 0.368 e. The van der Waals surface area contributed by atoms with Gasteiger partial charge in [-0.1, -0.05) is 48.0 Å². The fourth-order valence-electron chi connectivity index (χ4n) is 2.28. The van der Waals surface area contributed by atoms with Gasteiger partial charge in [-0.2, -0.15) is 5.43 Å². The maximum atomic E-state index is 12.5. The van der Waals surface area contributed by atoms with E-state index in [0.717, 1.165) is 11.1 Å². The van der Waals surface area contributed by atoms with Crippen molar-refractivity contribution in [2.45, 2.75) is 12.7 Å². The molecule has 112 valence electrons. The lowest BCUT2D eigenvalue weighted by atomic mass is 10.1. The molecule has 1 heterocycles. The number of amides is 1. The van der Waals surface area contributed by atoms with Gasteiger partial charge in [-0.3, -0.25) is 10.5 Å². The number of nitrogens with zero attached hydrogens (tertiary/aromatic N) is 2. The van der Waals surface area contributed by atoms with Gasteiger partial charge in [0, 0.05) is 11.1 Å². The summed E-state index contributed by atoms with van der Waals surface area (Å²) in [5.74, 6) is -1.51. The molecule has 6 nitrogen and oxygen atoms in total. The number of aliphatic imine (C=N–C) groups is 1. The zero-order valence-corrected chi connectivity index (χ0v) is 12.2. The lowest BCUT2D eigenvalue weighted by Gasteiger charge is -2.24. The van der Waals surface area contributed by atoms with Crippen LogP contribution in [0, 0.1) is 6.92 Å². The lowest BCUT2D eigenvalue weighted by Crippen LogP contribution is -2.54. The fourth-order valence-corrected chi connectivity index (χ4v) is 2.28. The zero-order chi connectivity index (χ0) is 15.7. The molecule has 0 aliphatic carbocycles. The number of hydrogen-bond donors (Lipinski definition) is 3. The molecule has 1 unspecified atom stereocenters. The van der Waals surface area contributed by atoms with Crippen LogP contribution in [0.15, 0.2) is 59.6 Å². The summed E-state index contributed by atoms with van der Waals surface area (Å²) >= 11 is 0. The predicted octanol–water partition coefficient (Wildman–Crippen LogP) is 1.04. The third kappa shape index (κ3) is 2.45. The molecule has 2 aromatic rings. The van der Waals surface area contributed by atoms with Crippen LogP contribution in [-0.4, -0.2) is 16.9 Å². The Balaban J connectivity index is 1.87. The maximum absolute atomic E-state index is 12.5. The van der Waals surface area contributed by atoms with Crippen molar-refractivity contribution in [1.82, 2.24) is 10.4 Å². The standard InChI is InChI=1S/C16H17N5O/c1-11-7-9-12(10-8-11)14(22)21-15(17)19-16(18,20-21)13-5-3-2-4-6-13/h2-10,20H,18H2,1H3,(H2,17,19). The second kappa shape index (κ2) is 5.25. The van der Waals surface area contributed by atoms with Crippen molar-refractivity contribution in [3.05, 3.63) is 71.3 Å². The van der Waals surface area contributed by atoms with E-state index in [1.807, 2.05) is 49.4 Å². The molecule has 0 saturated carbocycles. The molecule has 1 atom stereocenters. The highest BCUT2D eigenvalue weighted by atomic mass is 16.2. The molecule has 5 N–H and O–H groups in total. The van der Waals surface area contributed by atoms with Crippen molar-refractivity contribution in [3.8, 4) is 0 Å². The summed E-state index contributed by atoms with van der Waals surface area (Å²) in [6, 6.07) is 16.4. The Morgan fingerprint density at radius 3 is 2.41 bits per heavy atom. The Morgan fingerprint density at radius 2 is 1.77 bits per heavy atom. The molecular weight excluding hydrogens is 278 g/mol. The number of aryl methyl sites for hydroxylation is 1. The molecular formula is C16H17N5O. The average molecular weight is 295 g/mol. The van der Waals surface area contributed by atoms with Crippen LogP contribution in [0.4, 0.5) is 0 Å². The molecule has 0 aromatic heterocycles. The third-order valence-electron chi connectivity index (χ3n) is 3.52. The molecule has 0 bridgehead atoms. The number of guanidine groups is 1. The monoisotopic (exact) mass is 295 g/mol. The van der Waals surface area contributed by atoms with Gasteiger partial charge in [-0.05, 0) is 19.1 Å². The van der Waals surface area contributed by atoms with Gasteiger partial charge < -0.3 is 5.73 Å². The van der Waals surface area contributed by atoms with Crippen LogP contribution in [0.3, 0.4) is 0 Å². The minimum atomic E-state index is -1.24.